The number of hydrogen-bond donors (Lipinski definition) is 0. The predicted octanol–water partition coefficient (Wildman–Crippen LogP) is 6.17. The summed E-state index contributed by atoms with van der Waals surface area (Å²) in [7, 11) is 0. The molecule has 3 heterocycles. The van der Waals surface area contributed by atoms with Gasteiger partial charge in [0, 0.05) is 42.2 Å². The number of anilines is 1. The summed E-state index contributed by atoms with van der Waals surface area (Å²) in [6.45, 7) is 1.43. The molecule has 0 spiro atoms. The van der Waals surface area contributed by atoms with Crippen LogP contribution in [0.1, 0.15) is 48.1 Å². The van der Waals surface area contributed by atoms with Crippen molar-refractivity contribution in [2.45, 2.75) is 55.7 Å². The van der Waals surface area contributed by atoms with E-state index in [1.807, 2.05) is 41.0 Å². The Bertz CT molecular complexity index is 1100. The van der Waals surface area contributed by atoms with Crippen molar-refractivity contribution in [3.63, 3.8) is 0 Å². The average Bonchev–Trinajstić information content (AvgIpc) is 3.40. The molecule has 0 amide bonds. The van der Waals surface area contributed by atoms with Crippen LogP contribution in [0.25, 0.3) is 0 Å². The molecule has 2 aliphatic heterocycles. The summed E-state index contributed by atoms with van der Waals surface area (Å²) in [4.78, 5) is 2.12. The Balaban J connectivity index is 1.28. The summed E-state index contributed by atoms with van der Waals surface area (Å²) in [5.41, 5.74) is 2.03. The van der Waals surface area contributed by atoms with Gasteiger partial charge in [-0.1, -0.05) is 48.3 Å². The van der Waals surface area contributed by atoms with E-state index in [2.05, 4.69) is 15.1 Å². The maximum atomic E-state index is 15.1. The van der Waals surface area contributed by atoms with Crippen LogP contribution in [0, 0.1) is 5.82 Å². The van der Waals surface area contributed by atoms with Crippen LogP contribution in [0.4, 0.5) is 23.2 Å². The van der Waals surface area contributed by atoms with E-state index in [0.29, 0.717) is 12.5 Å². The molecule has 2 fully saturated rings. The van der Waals surface area contributed by atoms with Gasteiger partial charge in [0.2, 0.25) is 0 Å². The fraction of sp³-hybridized carbons (Fsp3) is 0.440. The van der Waals surface area contributed by atoms with Crippen LogP contribution < -0.4 is 4.90 Å². The highest BCUT2D eigenvalue weighted by molar-refractivity contribution is 7.97. The Kier molecular flexibility index (Phi) is 7.02. The molecule has 2 aromatic carbocycles. The third-order valence-corrected chi connectivity index (χ3v) is 8.33. The van der Waals surface area contributed by atoms with Gasteiger partial charge in [0.15, 0.2) is 0 Å². The Morgan fingerprint density at radius 3 is 2.29 bits per heavy atom. The molecular formula is C25H27F4N5S. The van der Waals surface area contributed by atoms with Crippen LogP contribution in [0.5, 0.6) is 0 Å². The summed E-state index contributed by atoms with van der Waals surface area (Å²) in [5.74, 6) is -0.466. The molecule has 2 atom stereocenters. The van der Waals surface area contributed by atoms with Gasteiger partial charge in [0.1, 0.15) is 24.5 Å². The number of nitrogens with zero attached hydrogens (tertiary/aromatic N) is 5. The van der Waals surface area contributed by atoms with Gasteiger partial charge in [0.05, 0.1) is 0 Å². The number of aromatic nitrogens is 3. The van der Waals surface area contributed by atoms with Crippen molar-refractivity contribution >= 4 is 17.6 Å². The van der Waals surface area contributed by atoms with Crippen molar-refractivity contribution in [3.8, 4) is 0 Å². The lowest BCUT2D eigenvalue weighted by atomic mass is 10.0. The van der Waals surface area contributed by atoms with Gasteiger partial charge in [-0.2, -0.15) is 13.2 Å². The topological polar surface area (TPSA) is 37.2 Å². The fourth-order valence-electron chi connectivity index (χ4n) is 4.96. The first-order valence-corrected chi connectivity index (χ1v) is 12.6. The molecule has 0 radical (unpaired) electrons. The number of piperidine rings is 1. The number of alkyl halides is 3. The molecule has 10 heteroatoms. The van der Waals surface area contributed by atoms with Crippen molar-refractivity contribution in [2.75, 3.05) is 18.0 Å². The number of hydrogen-bond acceptors (Lipinski definition) is 5. The third kappa shape index (κ3) is 5.48. The molecule has 3 aromatic rings. The summed E-state index contributed by atoms with van der Waals surface area (Å²) < 4.78 is 59.9. The zero-order valence-electron chi connectivity index (χ0n) is 19.1. The van der Waals surface area contributed by atoms with Crippen LogP contribution in [-0.4, -0.2) is 44.4 Å². The first-order chi connectivity index (χ1) is 16.9. The highest BCUT2D eigenvalue weighted by atomic mass is 32.2. The lowest BCUT2D eigenvalue weighted by Gasteiger charge is -2.39. The number of rotatable bonds is 5. The Morgan fingerprint density at radius 2 is 1.63 bits per heavy atom. The Hall–Kier alpha value is -2.59. The van der Waals surface area contributed by atoms with E-state index >= 15 is 4.39 Å². The van der Waals surface area contributed by atoms with Crippen LogP contribution in [0.15, 0.2) is 61.2 Å². The molecule has 186 valence electrons. The number of halogens is 4. The Labute approximate surface area is 206 Å². The van der Waals surface area contributed by atoms with Crippen molar-refractivity contribution in [3.05, 3.63) is 78.1 Å². The van der Waals surface area contributed by atoms with Crippen LogP contribution in [0.2, 0.25) is 0 Å². The zero-order chi connectivity index (χ0) is 24.4. The van der Waals surface area contributed by atoms with Crippen molar-refractivity contribution in [1.82, 2.24) is 19.1 Å². The van der Waals surface area contributed by atoms with Gasteiger partial charge < -0.3 is 9.47 Å². The zero-order valence-corrected chi connectivity index (χ0v) is 19.9. The second-order valence-corrected chi connectivity index (χ2v) is 10.4. The van der Waals surface area contributed by atoms with Crippen molar-refractivity contribution in [1.29, 1.82) is 0 Å². The van der Waals surface area contributed by atoms with Crippen molar-refractivity contribution in [2.24, 2.45) is 0 Å². The van der Waals surface area contributed by atoms with Crippen LogP contribution >= 0.6 is 11.9 Å². The van der Waals surface area contributed by atoms with Gasteiger partial charge in [-0.25, -0.2) is 8.70 Å². The maximum Gasteiger partial charge on any atom is 0.404 e. The molecule has 5 rings (SSSR count). The molecule has 2 aliphatic rings. The van der Waals surface area contributed by atoms with Gasteiger partial charge in [0.25, 0.3) is 0 Å². The molecule has 1 aromatic heterocycles. The van der Waals surface area contributed by atoms with E-state index in [1.165, 1.54) is 22.3 Å². The lowest BCUT2D eigenvalue weighted by Crippen LogP contribution is -2.44. The largest absolute Gasteiger partial charge is 0.404 e. The second-order valence-electron chi connectivity index (χ2n) is 9.12. The van der Waals surface area contributed by atoms with Crippen LogP contribution in [0.3, 0.4) is 0 Å². The minimum absolute atomic E-state index is 0.00283. The van der Waals surface area contributed by atoms with E-state index in [9.17, 15) is 13.2 Å². The van der Waals surface area contributed by atoms with Crippen LogP contribution in [-0.2, 0) is 6.54 Å². The van der Waals surface area contributed by atoms with E-state index in [-0.39, 0.29) is 23.8 Å². The number of benzene rings is 2. The molecule has 0 N–H and O–H groups in total. The van der Waals surface area contributed by atoms with Gasteiger partial charge in [-0.15, -0.1) is 10.2 Å². The molecule has 5 nitrogen and oxygen atoms in total. The second kappa shape index (κ2) is 10.2. The molecule has 0 saturated carbocycles. The summed E-state index contributed by atoms with van der Waals surface area (Å²) in [6.07, 6.45) is 1.27. The van der Waals surface area contributed by atoms with E-state index in [0.717, 1.165) is 37.2 Å². The molecule has 2 saturated heterocycles. The average molecular weight is 506 g/mol. The van der Waals surface area contributed by atoms with E-state index in [1.54, 1.807) is 18.7 Å². The first kappa shape index (κ1) is 24.1. The van der Waals surface area contributed by atoms with E-state index < -0.39 is 18.0 Å². The summed E-state index contributed by atoms with van der Waals surface area (Å²) >= 11 is 1.18. The van der Waals surface area contributed by atoms with Gasteiger partial charge in [-0.05, 0) is 43.4 Å². The third-order valence-electron chi connectivity index (χ3n) is 6.91. The fourth-order valence-corrected chi connectivity index (χ4v) is 6.39. The summed E-state index contributed by atoms with van der Waals surface area (Å²) in [6, 6.07) is 13.2. The normalized spacial score (nSPS) is 22.5. The minimum atomic E-state index is -4.36. The standard InChI is InChI=1S/C25H27F4N5S/c26-22-14-21(32-12-10-20(11-13-32)33-16-30-31-17-33)7-6-19(22)15-34-24(25(27,28)29)9-8-23(35-34)18-4-2-1-3-5-18/h1-7,14,16-17,20,23-24H,8-13,15H2/t23-,24-/m1/s1. The minimum Gasteiger partial charge on any atom is -0.371 e. The lowest BCUT2D eigenvalue weighted by molar-refractivity contribution is -0.174. The molecule has 0 unspecified atom stereocenters. The molecular weight excluding hydrogens is 478 g/mol. The highest BCUT2D eigenvalue weighted by Gasteiger charge is 2.47. The monoisotopic (exact) mass is 505 g/mol. The maximum absolute atomic E-state index is 15.1. The predicted molar refractivity (Wildman–Crippen MR) is 128 cm³/mol. The summed E-state index contributed by atoms with van der Waals surface area (Å²) in [5, 5.41) is 7.64. The smallest absolute Gasteiger partial charge is 0.371 e. The molecule has 35 heavy (non-hydrogen) atoms. The molecule has 0 aliphatic carbocycles. The Morgan fingerprint density at radius 1 is 0.914 bits per heavy atom. The first-order valence-electron chi connectivity index (χ1n) is 11.8. The van der Waals surface area contributed by atoms with Gasteiger partial charge in [-0.3, -0.25) is 0 Å². The van der Waals surface area contributed by atoms with E-state index in [4.69, 9.17) is 0 Å². The van der Waals surface area contributed by atoms with Gasteiger partial charge >= 0.3 is 6.18 Å². The SMILES string of the molecule is Fc1cc(N2CCC(n3cnnc3)CC2)ccc1CN1S[C@@H](c2ccccc2)CC[C@@H]1C(F)(F)F. The molecule has 0 bridgehead atoms. The van der Waals surface area contributed by atoms with Crippen molar-refractivity contribution < 1.29 is 17.6 Å². The quantitative estimate of drug-likeness (QED) is 0.306. The highest BCUT2D eigenvalue weighted by Crippen LogP contribution is 2.47.